The van der Waals surface area contributed by atoms with E-state index in [2.05, 4.69) is 4.98 Å². The van der Waals surface area contributed by atoms with Gasteiger partial charge in [-0.05, 0) is 18.9 Å². The van der Waals surface area contributed by atoms with Gasteiger partial charge in [-0.15, -0.1) is 0 Å². The second-order valence-corrected chi connectivity index (χ2v) is 5.59. The predicted molar refractivity (Wildman–Crippen MR) is 79.2 cm³/mol. The molecule has 0 saturated heterocycles. The molecule has 0 amide bonds. The number of benzene rings is 1. The van der Waals surface area contributed by atoms with Crippen molar-refractivity contribution in [1.82, 2.24) is 9.55 Å². The zero-order chi connectivity index (χ0) is 15.0. The maximum Gasteiger partial charge on any atom is 0.329 e. The van der Waals surface area contributed by atoms with Crippen LogP contribution in [0.15, 0.2) is 33.9 Å². The van der Waals surface area contributed by atoms with Crippen molar-refractivity contribution in [3.05, 3.63) is 56.1 Å². The van der Waals surface area contributed by atoms with Crippen LogP contribution in [0.4, 0.5) is 4.39 Å². The van der Waals surface area contributed by atoms with E-state index in [-0.39, 0.29) is 22.3 Å². The van der Waals surface area contributed by atoms with E-state index in [0.717, 1.165) is 25.7 Å². The first-order valence-corrected chi connectivity index (χ1v) is 7.26. The van der Waals surface area contributed by atoms with Crippen molar-refractivity contribution in [2.24, 2.45) is 0 Å². The van der Waals surface area contributed by atoms with E-state index < -0.39 is 17.1 Å². The largest absolute Gasteiger partial charge is 0.329 e. The van der Waals surface area contributed by atoms with Gasteiger partial charge in [0.2, 0.25) is 0 Å². The Morgan fingerprint density at radius 1 is 1.19 bits per heavy atom. The fourth-order valence-corrected chi connectivity index (χ4v) is 3.18. The number of nitrogens with one attached hydrogen (secondary N) is 1. The van der Waals surface area contributed by atoms with E-state index in [1.165, 1.54) is 22.8 Å². The maximum atomic E-state index is 13.9. The molecule has 0 radical (unpaired) electrons. The van der Waals surface area contributed by atoms with Crippen LogP contribution in [0.3, 0.4) is 0 Å². The molecule has 110 valence electrons. The Labute approximate surface area is 125 Å². The van der Waals surface area contributed by atoms with Gasteiger partial charge in [-0.25, -0.2) is 9.18 Å². The average molecular weight is 309 g/mol. The highest BCUT2D eigenvalue weighted by molar-refractivity contribution is 6.32. The van der Waals surface area contributed by atoms with Crippen LogP contribution in [0.5, 0.6) is 0 Å². The first-order chi connectivity index (χ1) is 10.1. The van der Waals surface area contributed by atoms with Gasteiger partial charge in [0.15, 0.2) is 0 Å². The first-order valence-electron chi connectivity index (χ1n) is 6.89. The maximum absolute atomic E-state index is 13.9. The summed E-state index contributed by atoms with van der Waals surface area (Å²) in [6.07, 6.45) is 3.52. The van der Waals surface area contributed by atoms with E-state index in [4.69, 9.17) is 11.6 Å². The SMILES string of the molecule is O=c1[nH]c(Cl)c(-c2ccccc2F)c(=O)n1C1CCCC1. The highest BCUT2D eigenvalue weighted by atomic mass is 35.5. The molecule has 21 heavy (non-hydrogen) atoms. The van der Waals surface area contributed by atoms with Gasteiger partial charge < -0.3 is 0 Å². The lowest BCUT2D eigenvalue weighted by atomic mass is 10.1. The van der Waals surface area contributed by atoms with Crippen LogP contribution in [0.1, 0.15) is 31.7 Å². The molecular weight excluding hydrogens is 295 g/mol. The zero-order valence-electron chi connectivity index (χ0n) is 11.2. The Morgan fingerprint density at radius 2 is 1.86 bits per heavy atom. The smallest absolute Gasteiger partial charge is 0.297 e. The summed E-state index contributed by atoms with van der Waals surface area (Å²) in [7, 11) is 0. The summed E-state index contributed by atoms with van der Waals surface area (Å²) in [5.41, 5.74) is -0.936. The number of hydrogen-bond acceptors (Lipinski definition) is 2. The lowest BCUT2D eigenvalue weighted by Crippen LogP contribution is -2.38. The van der Waals surface area contributed by atoms with E-state index in [0.29, 0.717) is 0 Å². The van der Waals surface area contributed by atoms with E-state index in [9.17, 15) is 14.0 Å². The second-order valence-electron chi connectivity index (χ2n) is 5.21. The summed E-state index contributed by atoms with van der Waals surface area (Å²) >= 11 is 5.98. The van der Waals surface area contributed by atoms with Crippen LogP contribution >= 0.6 is 11.6 Å². The summed E-state index contributed by atoms with van der Waals surface area (Å²) in [4.78, 5) is 27.1. The van der Waals surface area contributed by atoms with Crippen molar-refractivity contribution >= 4 is 11.6 Å². The van der Waals surface area contributed by atoms with E-state index >= 15 is 0 Å². The fourth-order valence-electron chi connectivity index (χ4n) is 2.91. The first kappa shape index (κ1) is 14.1. The van der Waals surface area contributed by atoms with Gasteiger partial charge >= 0.3 is 5.69 Å². The number of rotatable bonds is 2. The molecule has 1 aliphatic rings. The summed E-state index contributed by atoms with van der Waals surface area (Å²) < 4.78 is 15.1. The number of H-pyrrole nitrogens is 1. The van der Waals surface area contributed by atoms with Crippen molar-refractivity contribution in [3.8, 4) is 11.1 Å². The Morgan fingerprint density at radius 3 is 2.52 bits per heavy atom. The summed E-state index contributed by atoms with van der Waals surface area (Å²) in [5.74, 6) is -0.540. The van der Waals surface area contributed by atoms with Crippen molar-refractivity contribution in [1.29, 1.82) is 0 Å². The van der Waals surface area contributed by atoms with Crippen LogP contribution < -0.4 is 11.2 Å². The van der Waals surface area contributed by atoms with Gasteiger partial charge in [-0.3, -0.25) is 14.3 Å². The second kappa shape index (κ2) is 5.48. The molecule has 1 aromatic heterocycles. The Hall–Kier alpha value is -1.88. The van der Waals surface area contributed by atoms with Gasteiger partial charge in [-0.1, -0.05) is 42.6 Å². The van der Waals surface area contributed by atoms with Crippen LogP contribution in [0.25, 0.3) is 11.1 Å². The normalized spacial score (nSPS) is 15.5. The molecular formula is C15H14ClFN2O2. The van der Waals surface area contributed by atoms with Gasteiger partial charge in [0, 0.05) is 11.6 Å². The monoisotopic (exact) mass is 308 g/mol. The molecule has 1 N–H and O–H groups in total. The van der Waals surface area contributed by atoms with E-state index in [1.54, 1.807) is 6.07 Å². The van der Waals surface area contributed by atoms with Crippen molar-refractivity contribution in [3.63, 3.8) is 0 Å². The van der Waals surface area contributed by atoms with Gasteiger partial charge in [0.25, 0.3) is 5.56 Å². The molecule has 0 spiro atoms. The van der Waals surface area contributed by atoms with Gasteiger partial charge in [0.05, 0.1) is 5.56 Å². The zero-order valence-corrected chi connectivity index (χ0v) is 12.0. The molecule has 0 unspecified atom stereocenters. The van der Waals surface area contributed by atoms with Crippen molar-refractivity contribution < 1.29 is 4.39 Å². The third-order valence-electron chi connectivity index (χ3n) is 3.92. The van der Waals surface area contributed by atoms with Gasteiger partial charge in [-0.2, -0.15) is 0 Å². The molecule has 3 rings (SSSR count). The Bertz CT molecular complexity index is 791. The topological polar surface area (TPSA) is 54.9 Å². The minimum Gasteiger partial charge on any atom is -0.297 e. The molecule has 0 atom stereocenters. The minimum atomic E-state index is -0.540. The molecule has 1 aromatic carbocycles. The highest BCUT2D eigenvalue weighted by Gasteiger charge is 2.24. The highest BCUT2D eigenvalue weighted by Crippen LogP contribution is 2.29. The van der Waals surface area contributed by atoms with Crippen LogP contribution in [0, 0.1) is 5.82 Å². The summed E-state index contributed by atoms with van der Waals surface area (Å²) in [6.45, 7) is 0. The van der Waals surface area contributed by atoms with E-state index in [1.807, 2.05) is 0 Å². The number of halogens is 2. The molecule has 6 heteroatoms. The van der Waals surface area contributed by atoms with Crippen molar-refractivity contribution in [2.45, 2.75) is 31.7 Å². The van der Waals surface area contributed by atoms with Gasteiger partial charge in [0.1, 0.15) is 11.0 Å². The predicted octanol–water partition coefficient (Wildman–Crippen LogP) is 3.11. The van der Waals surface area contributed by atoms with Crippen molar-refractivity contribution in [2.75, 3.05) is 0 Å². The minimum absolute atomic E-state index is 0.0151. The standard InChI is InChI=1S/C15H14ClFN2O2/c16-13-12(10-7-3-4-8-11(10)17)14(20)19(15(21)18-13)9-5-1-2-6-9/h3-4,7-9H,1-2,5-6H2,(H,18,21). The number of aromatic amines is 1. The molecule has 0 aliphatic heterocycles. The number of aromatic nitrogens is 2. The van der Waals surface area contributed by atoms with Crippen LogP contribution in [0.2, 0.25) is 5.15 Å². The molecule has 1 fully saturated rings. The average Bonchev–Trinajstić information content (AvgIpc) is 2.94. The Kier molecular flexibility index (Phi) is 3.68. The molecule has 1 aliphatic carbocycles. The molecule has 2 aromatic rings. The van der Waals surface area contributed by atoms with Crippen LogP contribution in [-0.4, -0.2) is 9.55 Å². The summed E-state index contributed by atoms with van der Waals surface area (Å²) in [6, 6.07) is 5.77. The van der Waals surface area contributed by atoms with Crippen LogP contribution in [-0.2, 0) is 0 Å². The summed E-state index contributed by atoms with van der Waals surface area (Å²) in [5, 5.41) is -0.121. The molecule has 4 nitrogen and oxygen atoms in total. The Balaban J connectivity index is 2.27. The fraction of sp³-hybridized carbons (Fsp3) is 0.333. The molecule has 1 heterocycles. The quantitative estimate of drug-likeness (QED) is 0.867. The number of nitrogens with zero attached hydrogens (tertiary/aromatic N) is 1. The number of hydrogen-bond donors (Lipinski definition) is 1. The third-order valence-corrected chi connectivity index (χ3v) is 4.20. The molecule has 1 saturated carbocycles. The third kappa shape index (κ3) is 2.42. The lowest BCUT2D eigenvalue weighted by molar-refractivity contribution is 0.479. The lowest BCUT2D eigenvalue weighted by Gasteiger charge is -2.14. The molecule has 0 bridgehead atoms.